The van der Waals surface area contributed by atoms with Gasteiger partial charge >= 0.3 is 0 Å². The van der Waals surface area contributed by atoms with Crippen molar-refractivity contribution >= 4 is 40.6 Å². The second-order valence-corrected chi connectivity index (χ2v) is 8.28. The van der Waals surface area contributed by atoms with Gasteiger partial charge in [-0.15, -0.1) is 0 Å². The molecule has 12 nitrogen and oxygen atoms in total. The lowest BCUT2D eigenvalue weighted by molar-refractivity contribution is -0.136. The molecule has 1 fully saturated rings. The van der Waals surface area contributed by atoms with Crippen molar-refractivity contribution < 1.29 is 19.2 Å². The first kappa shape index (κ1) is 21.5. The number of aromatic amines is 1. The van der Waals surface area contributed by atoms with Crippen LogP contribution in [-0.2, 0) is 23.1 Å². The van der Waals surface area contributed by atoms with E-state index in [0.29, 0.717) is 36.4 Å². The smallest absolute Gasteiger partial charge is 0.263 e. The third-order valence-corrected chi connectivity index (χ3v) is 6.04. The molecule has 4 amide bonds. The van der Waals surface area contributed by atoms with Crippen molar-refractivity contribution in [3.63, 3.8) is 0 Å². The Bertz CT molecular complexity index is 1420. The lowest BCUT2D eigenvalue weighted by atomic mass is 10.0. The van der Waals surface area contributed by atoms with Gasteiger partial charge in [0.05, 0.1) is 17.3 Å². The average molecular weight is 463 g/mol. The minimum Gasteiger partial charge on any atom is -0.356 e. The van der Waals surface area contributed by atoms with Crippen LogP contribution in [0.1, 0.15) is 45.5 Å². The Balaban J connectivity index is 1.23. The summed E-state index contributed by atoms with van der Waals surface area (Å²) in [4.78, 5) is 69.4. The molecule has 1 atom stereocenters. The number of nitrogens with one attached hydrogen (secondary N) is 3. The molecule has 0 radical (unpaired) electrons. The van der Waals surface area contributed by atoms with Gasteiger partial charge in [0.2, 0.25) is 17.8 Å². The van der Waals surface area contributed by atoms with Crippen LogP contribution in [0.2, 0.25) is 0 Å². The summed E-state index contributed by atoms with van der Waals surface area (Å²) < 4.78 is 1.52. The van der Waals surface area contributed by atoms with E-state index < -0.39 is 29.7 Å². The first-order valence-electron chi connectivity index (χ1n) is 10.8. The number of imide groups is 2. The number of H-pyrrole nitrogens is 1. The number of carbonyl (C=O) groups is 4. The van der Waals surface area contributed by atoms with Gasteiger partial charge < -0.3 is 5.32 Å². The van der Waals surface area contributed by atoms with E-state index in [1.54, 1.807) is 25.2 Å². The lowest BCUT2D eigenvalue weighted by Gasteiger charge is -2.27. The first-order valence-corrected chi connectivity index (χ1v) is 10.8. The van der Waals surface area contributed by atoms with Crippen molar-refractivity contribution in [3.8, 4) is 0 Å². The fourth-order valence-electron chi connectivity index (χ4n) is 4.29. The van der Waals surface area contributed by atoms with Crippen molar-refractivity contribution in [2.45, 2.75) is 31.7 Å². The molecule has 3 N–H and O–H groups in total. The van der Waals surface area contributed by atoms with Crippen LogP contribution in [0.4, 0.5) is 5.95 Å². The number of aromatic nitrogens is 4. The second-order valence-electron chi connectivity index (χ2n) is 8.28. The molecule has 0 bridgehead atoms. The predicted octanol–water partition coefficient (Wildman–Crippen LogP) is 0.102. The third-order valence-electron chi connectivity index (χ3n) is 6.04. The number of anilines is 1. The van der Waals surface area contributed by atoms with Gasteiger partial charge in [-0.3, -0.25) is 43.9 Å². The van der Waals surface area contributed by atoms with E-state index in [1.807, 2.05) is 0 Å². The van der Waals surface area contributed by atoms with Crippen molar-refractivity contribution in [3.05, 3.63) is 51.4 Å². The maximum atomic E-state index is 12.9. The summed E-state index contributed by atoms with van der Waals surface area (Å²) in [6.07, 6.45) is 2.94. The van der Waals surface area contributed by atoms with Gasteiger partial charge in [-0.25, -0.2) is 0 Å². The number of piperidine rings is 1. The number of hydrogen-bond donors (Lipinski definition) is 3. The highest BCUT2D eigenvalue weighted by Crippen LogP contribution is 2.28. The van der Waals surface area contributed by atoms with E-state index in [4.69, 9.17) is 0 Å². The standard InChI is InChI=1S/C22H21N7O5/c1-28-17-14(10-24-28)18(31)27-22(26-17)23-8-2-3-11-4-5-12-13(9-11)21(34)29(20(12)33)15-6-7-16(30)25-19(15)32/h4-5,9-10,15H,2-3,6-8H2,1H3,(H,25,30,32)(H2,23,26,27,31). The monoisotopic (exact) mass is 463 g/mol. The number of amides is 4. The Kier molecular flexibility index (Phi) is 5.19. The van der Waals surface area contributed by atoms with Crippen molar-refractivity contribution in [1.29, 1.82) is 0 Å². The maximum absolute atomic E-state index is 12.9. The number of hydrogen-bond acceptors (Lipinski definition) is 8. The van der Waals surface area contributed by atoms with Crippen LogP contribution < -0.4 is 16.2 Å². The fraction of sp³-hybridized carbons (Fsp3) is 0.318. The third kappa shape index (κ3) is 3.62. The number of nitrogens with zero attached hydrogens (tertiary/aromatic N) is 4. The second kappa shape index (κ2) is 8.21. The van der Waals surface area contributed by atoms with Crippen LogP contribution in [0.3, 0.4) is 0 Å². The number of benzene rings is 1. The zero-order valence-electron chi connectivity index (χ0n) is 18.3. The summed E-state index contributed by atoms with van der Waals surface area (Å²) in [7, 11) is 1.71. The molecular formula is C22H21N7O5. The highest BCUT2D eigenvalue weighted by molar-refractivity contribution is 6.23. The van der Waals surface area contributed by atoms with Crippen molar-refractivity contribution in [2.75, 3.05) is 11.9 Å². The molecule has 12 heteroatoms. The molecule has 3 aromatic rings. The van der Waals surface area contributed by atoms with E-state index >= 15 is 0 Å². The van der Waals surface area contributed by atoms with E-state index in [2.05, 4.69) is 25.7 Å². The van der Waals surface area contributed by atoms with Gasteiger partial charge in [-0.1, -0.05) is 6.07 Å². The molecule has 2 aliphatic rings. The topological polar surface area (TPSA) is 159 Å². The number of carbonyl (C=O) groups excluding carboxylic acids is 4. The predicted molar refractivity (Wildman–Crippen MR) is 119 cm³/mol. The van der Waals surface area contributed by atoms with E-state index in [9.17, 15) is 24.0 Å². The Labute approximate surface area is 192 Å². The van der Waals surface area contributed by atoms with E-state index in [-0.39, 0.29) is 29.5 Å². The fourth-order valence-corrected chi connectivity index (χ4v) is 4.29. The van der Waals surface area contributed by atoms with Crippen LogP contribution in [0.5, 0.6) is 0 Å². The van der Waals surface area contributed by atoms with Gasteiger partial charge in [0.1, 0.15) is 11.4 Å². The molecule has 1 unspecified atom stereocenters. The van der Waals surface area contributed by atoms with Crippen LogP contribution in [0, 0.1) is 0 Å². The summed E-state index contributed by atoms with van der Waals surface area (Å²) in [5.74, 6) is -1.75. The summed E-state index contributed by atoms with van der Waals surface area (Å²) in [5.41, 5.74) is 1.57. The SMILES string of the molecule is Cn1ncc2c(=O)[nH]c(NCCCc3ccc4c(c3)C(=O)N(C3CCC(=O)NC3=O)C4=O)nc21. The quantitative estimate of drug-likeness (QED) is 0.343. The maximum Gasteiger partial charge on any atom is 0.263 e. The van der Waals surface area contributed by atoms with Crippen LogP contribution in [0.25, 0.3) is 11.0 Å². The van der Waals surface area contributed by atoms with Gasteiger partial charge in [-0.2, -0.15) is 10.1 Å². The summed E-state index contributed by atoms with van der Waals surface area (Å²) in [6.45, 7) is 0.513. The minimum absolute atomic E-state index is 0.0791. The van der Waals surface area contributed by atoms with Crippen LogP contribution in [0.15, 0.2) is 29.2 Å². The van der Waals surface area contributed by atoms with E-state index in [1.165, 1.54) is 10.9 Å². The molecule has 5 rings (SSSR count). The molecule has 2 aliphatic heterocycles. The Morgan fingerprint density at radius 3 is 2.71 bits per heavy atom. The molecule has 0 saturated carbocycles. The molecular weight excluding hydrogens is 442 g/mol. The molecule has 2 aromatic heterocycles. The normalized spacial score (nSPS) is 17.9. The van der Waals surface area contributed by atoms with Gasteiger partial charge in [0.25, 0.3) is 17.4 Å². The highest BCUT2D eigenvalue weighted by Gasteiger charge is 2.44. The molecule has 0 spiro atoms. The summed E-state index contributed by atoms with van der Waals surface area (Å²) in [5, 5.41) is 9.71. The first-order chi connectivity index (χ1) is 16.3. The molecule has 0 aliphatic carbocycles. The lowest BCUT2D eigenvalue weighted by Crippen LogP contribution is -2.54. The number of fused-ring (bicyclic) bond motifs is 2. The average Bonchev–Trinajstić information content (AvgIpc) is 3.29. The van der Waals surface area contributed by atoms with Crippen LogP contribution in [-0.4, -0.2) is 60.9 Å². The van der Waals surface area contributed by atoms with Crippen LogP contribution >= 0.6 is 0 Å². The Hall–Kier alpha value is -4.35. The van der Waals surface area contributed by atoms with Crippen molar-refractivity contribution in [2.24, 2.45) is 7.05 Å². The van der Waals surface area contributed by atoms with Crippen molar-refractivity contribution in [1.82, 2.24) is 30.0 Å². The molecule has 34 heavy (non-hydrogen) atoms. The number of aryl methyl sites for hydroxylation is 2. The largest absolute Gasteiger partial charge is 0.356 e. The Morgan fingerprint density at radius 2 is 1.91 bits per heavy atom. The van der Waals surface area contributed by atoms with Gasteiger partial charge in [-0.05, 0) is 37.0 Å². The highest BCUT2D eigenvalue weighted by atomic mass is 16.2. The molecule has 1 saturated heterocycles. The zero-order valence-corrected chi connectivity index (χ0v) is 18.3. The summed E-state index contributed by atoms with van der Waals surface area (Å²) >= 11 is 0. The molecule has 1 aromatic carbocycles. The molecule has 174 valence electrons. The summed E-state index contributed by atoms with van der Waals surface area (Å²) in [6, 6.07) is 4.06. The van der Waals surface area contributed by atoms with Gasteiger partial charge in [0, 0.05) is 20.0 Å². The minimum atomic E-state index is -0.982. The van der Waals surface area contributed by atoms with E-state index in [0.717, 1.165) is 10.5 Å². The van der Waals surface area contributed by atoms with Gasteiger partial charge in [0.15, 0.2) is 5.65 Å². The number of rotatable bonds is 6. The Morgan fingerprint density at radius 1 is 1.12 bits per heavy atom. The zero-order chi connectivity index (χ0) is 24.0. The molecule has 4 heterocycles.